The van der Waals surface area contributed by atoms with Crippen LogP contribution >= 0.6 is 15.9 Å². The van der Waals surface area contributed by atoms with E-state index in [1.807, 2.05) is 0 Å². The number of nitro benzene ring substituents is 2. The summed E-state index contributed by atoms with van der Waals surface area (Å²) in [7, 11) is 0. The van der Waals surface area contributed by atoms with E-state index in [9.17, 15) is 20.2 Å². The van der Waals surface area contributed by atoms with Crippen molar-refractivity contribution in [2.45, 2.75) is 0 Å². The number of nitrogens with zero attached hydrogens (tertiary/aromatic N) is 2. The molecule has 0 saturated heterocycles. The molecule has 67 valence electrons. The van der Waals surface area contributed by atoms with E-state index in [2.05, 4.69) is 22.0 Å². The molecule has 0 aliphatic heterocycles. The molecular weight excluding hydrogens is 244 g/mol. The number of non-ortho nitro benzene ring substituents is 2. The average Bonchev–Trinajstić information content (AvgIpc) is 2.03. The summed E-state index contributed by atoms with van der Waals surface area (Å²) in [5.41, 5.74) is -0.859. The van der Waals surface area contributed by atoms with Crippen molar-refractivity contribution in [3.05, 3.63) is 42.9 Å². The minimum Gasteiger partial charge on any atom is -0.258 e. The Morgan fingerprint density at radius 2 is 1.54 bits per heavy atom. The summed E-state index contributed by atoms with van der Waals surface area (Å²) in [4.78, 5) is 19.0. The SMILES string of the molecule is O=[N+]([O-])c1[c]c([N+](=O)[O-])cc(Br)c1. The van der Waals surface area contributed by atoms with Crippen LogP contribution in [0.2, 0.25) is 0 Å². The van der Waals surface area contributed by atoms with Crippen LogP contribution in [0.15, 0.2) is 16.6 Å². The fraction of sp³-hybridized carbons (Fsp3) is 0. The van der Waals surface area contributed by atoms with Gasteiger partial charge < -0.3 is 0 Å². The highest BCUT2D eigenvalue weighted by Crippen LogP contribution is 2.24. The molecule has 0 fully saturated rings. The van der Waals surface area contributed by atoms with Crippen molar-refractivity contribution in [3.8, 4) is 0 Å². The van der Waals surface area contributed by atoms with Crippen LogP contribution in [0.3, 0.4) is 0 Å². The molecule has 0 aliphatic rings. The van der Waals surface area contributed by atoms with E-state index < -0.39 is 21.2 Å². The molecule has 0 atom stereocenters. The first-order valence-electron chi connectivity index (χ1n) is 3.02. The quantitative estimate of drug-likeness (QED) is 0.590. The zero-order valence-corrected chi connectivity index (χ0v) is 7.65. The molecule has 0 amide bonds. The molecule has 7 heteroatoms. The Morgan fingerprint density at radius 3 is 1.85 bits per heavy atom. The van der Waals surface area contributed by atoms with Crippen LogP contribution in [0.4, 0.5) is 11.4 Å². The number of benzene rings is 1. The maximum Gasteiger partial charge on any atom is 0.285 e. The van der Waals surface area contributed by atoms with Gasteiger partial charge in [-0.2, -0.15) is 0 Å². The van der Waals surface area contributed by atoms with Gasteiger partial charge in [0.2, 0.25) is 0 Å². The molecule has 13 heavy (non-hydrogen) atoms. The van der Waals surface area contributed by atoms with Crippen LogP contribution < -0.4 is 0 Å². The van der Waals surface area contributed by atoms with E-state index in [1.165, 1.54) is 0 Å². The maximum absolute atomic E-state index is 10.3. The molecule has 0 unspecified atom stereocenters. The number of halogens is 1. The highest BCUT2D eigenvalue weighted by molar-refractivity contribution is 9.10. The van der Waals surface area contributed by atoms with Crippen molar-refractivity contribution in [3.63, 3.8) is 0 Å². The monoisotopic (exact) mass is 245 g/mol. The second-order valence-corrected chi connectivity index (χ2v) is 3.00. The van der Waals surface area contributed by atoms with E-state index >= 15 is 0 Å². The van der Waals surface area contributed by atoms with Crippen molar-refractivity contribution in [2.75, 3.05) is 0 Å². The molecule has 1 radical (unpaired) electrons. The number of hydrogen-bond acceptors (Lipinski definition) is 4. The molecular formula is C6H2BrN2O4. The summed E-state index contributed by atoms with van der Waals surface area (Å²) in [6, 6.07) is 4.35. The Bertz CT molecular complexity index is 347. The van der Waals surface area contributed by atoms with Crippen molar-refractivity contribution < 1.29 is 9.85 Å². The van der Waals surface area contributed by atoms with Crippen LogP contribution in [-0.2, 0) is 0 Å². The molecule has 0 aromatic heterocycles. The minimum absolute atomic E-state index is 0.282. The van der Waals surface area contributed by atoms with Gasteiger partial charge in [0.15, 0.2) is 6.07 Å². The molecule has 0 N–H and O–H groups in total. The van der Waals surface area contributed by atoms with Crippen LogP contribution in [0.5, 0.6) is 0 Å². The van der Waals surface area contributed by atoms with Crippen LogP contribution in [0.25, 0.3) is 0 Å². The van der Waals surface area contributed by atoms with Crippen molar-refractivity contribution in [2.24, 2.45) is 0 Å². The molecule has 0 bridgehead atoms. The average molecular weight is 246 g/mol. The van der Waals surface area contributed by atoms with Gasteiger partial charge in [-0.3, -0.25) is 20.2 Å². The Kier molecular flexibility index (Phi) is 2.57. The Hall–Kier alpha value is -1.50. The fourth-order valence-corrected chi connectivity index (χ4v) is 1.14. The number of hydrogen-bond donors (Lipinski definition) is 0. The van der Waals surface area contributed by atoms with Gasteiger partial charge in [0.1, 0.15) is 0 Å². The Labute approximate surface area is 80.6 Å². The van der Waals surface area contributed by atoms with Gasteiger partial charge >= 0.3 is 0 Å². The zero-order valence-electron chi connectivity index (χ0n) is 6.06. The summed E-state index contributed by atoms with van der Waals surface area (Å²) in [6.07, 6.45) is 0. The van der Waals surface area contributed by atoms with Crippen LogP contribution in [-0.4, -0.2) is 9.85 Å². The van der Waals surface area contributed by atoms with Gasteiger partial charge in [-0.25, -0.2) is 0 Å². The lowest BCUT2D eigenvalue weighted by atomic mass is 10.3. The highest BCUT2D eigenvalue weighted by Gasteiger charge is 2.15. The predicted octanol–water partition coefficient (Wildman–Crippen LogP) is 2.07. The minimum atomic E-state index is -0.738. The van der Waals surface area contributed by atoms with Crippen molar-refractivity contribution >= 4 is 27.3 Å². The lowest BCUT2D eigenvalue weighted by molar-refractivity contribution is -0.394. The molecule has 1 rings (SSSR count). The van der Waals surface area contributed by atoms with E-state index in [-0.39, 0.29) is 4.47 Å². The van der Waals surface area contributed by atoms with Crippen molar-refractivity contribution in [1.29, 1.82) is 0 Å². The summed E-state index contributed by atoms with van der Waals surface area (Å²) >= 11 is 2.92. The van der Waals surface area contributed by atoms with Crippen LogP contribution in [0, 0.1) is 26.3 Å². The summed E-state index contributed by atoms with van der Waals surface area (Å²) in [6.45, 7) is 0. The molecule has 0 aliphatic carbocycles. The first-order valence-corrected chi connectivity index (χ1v) is 3.81. The summed E-state index contributed by atoms with van der Waals surface area (Å²) in [5, 5.41) is 20.5. The van der Waals surface area contributed by atoms with Crippen molar-refractivity contribution in [1.82, 2.24) is 0 Å². The molecule has 0 spiro atoms. The Morgan fingerprint density at radius 1 is 1.15 bits per heavy atom. The molecule has 0 saturated carbocycles. The first kappa shape index (κ1) is 9.59. The zero-order chi connectivity index (χ0) is 10.0. The van der Waals surface area contributed by atoms with Gasteiger partial charge in [0.25, 0.3) is 11.4 Å². The van der Waals surface area contributed by atoms with Gasteiger partial charge in [-0.1, -0.05) is 15.9 Å². The largest absolute Gasteiger partial charge is 0.285 e. The second kappa shape index (κ2) is 3.48. The third-order valence-electron chi connectivity index (χ3n) is 1.20. The lowest BCUT2D eigenvalue weighted by Crippen LogP contribution is -1.92. The smallest absolute Gasteiger partial charge is 0.258 e. The topological polar surface area (TPSA) is 86.3 Å². The Balaban J connectivity index is 3.26. The highest BCUT2D eigenvalue weighted by atomic mass is 79.9. The van der Waals surface area contributed by atoms with Gasteiger partial charge in [0.05, 0.1) is 9.85 Å². The van der Waals surface area contributed by atoms with E-state index in [4.69, 9.17) is 0 Å². The van der Waals surface area contributed by atoms with Gasteiger partial charge in [0, 0.05) is 16.6 Å². The third-order valence-corrected chi connectivity index (χ3v) is 1.66. The third kappa shape index (κ3) is 2.22. The summed E-state index contributed by atoms with van der Waals surface area (Å²) < 4.78 is 0.282. The molecule has 1 aromatic rings. The molecule has 1 aromatic carbocycles. The predicted molar refractivity (Wildman–Crippen MR) is 46.3 cm³/mol. The summed E-state index contributed by atoms with van der Waals surface area (Å²) in [5.74, 6) is 0. The van der Waals surface area contributed by atoms with E-state index in [0.717, 1.165) is 12.1 Å². The molecule has 6 nitrogen and oxygen atoms in total. The first-order chi connectivity index (χ1) is 6.00. The lowest BCUT2D eigenvalue weighted by Gasteiger charge is -1.93. The normalized spacial score (nSPS) is 9.62. The van der Waals surface area contributed by atoms with Gasteiger partial charge in [-0.05, 0) is 0 Å². The fourth-order valence-electron chi connectivity index (χ4n) is 0.703. The van der Waals surface area contributed by atoms with E-state index in [0.29, 0.717) is 0 Å². The standard InChI is InChI=1S/C6H2BrN2O4/c7-4-1-5(8(10)11)3-6(2-4)9(12)13/h1-2H. The second-order valence-electron chi connectivity index (χ2n) is 2.08. The van der Waals surface area contributed by atoms with Gasteiger partial charge in [-0.15, -0.1) is 0 Å². The van der Waals surface area contributed by atoms with Crippen LogP contribution in [0.1, 0.15) is 0 Å². The molecule has 0 heterocycles. The maximum atomic E-state index is 10.3. The van der Waals surface area contributed by atoms with E-state index in [1.54, 1.807) is 0 Å². The number of rotatable bonds is 2. The number of nitro groups is 2.